The van der Waals surface area contributed by atoms with Gasteiger partial charge in [0.2, 0.25) is 5.91 Å². The number of amides is 1. The number of fused-ring (bicyclic) bond motifs is 4. The Morgan fingerprint density at radius 3 is 2.84 bits per heavy atom. The molecule has 0 saturated heterocycles. The summed E-state index contributed by atoms with van der Waals surface area (Å²) in [7, 11) is 1.66. The van der Waals surface area contributed by atoms with E-state index in [1.807, 2.05) is 52.6 Å². The molecule has 1 aliphatic rings. The van der Waals surface area contributed by atoms with Crippen LogP contribution in [0.15, 0.2) is 53.7 Å². The Kier molecular flexibility index (Phi) is 5.06. The van der Waals surface area contributed by atoms with E-state index < -0.39 is 0 Å². The number of carbonyl (C=O) groups is 1. The number of para-hydroxylation sites is 1. The third-order valence-corrected chi connectivity index (χ3v) is 6.91. The van der Waals surface area contributed by atoms with Crippen molar-refractivity contribution in [3.05, 3.63) is 59.7 Å². The molecule has 31 heavy (non-hydrogen) atoms. The number of methoxy groups -OCH3 is 1. The molecular weight excluding hydrogens is 408 g/mol. The van der Waals surface area contributed by atoms with Crippen LogP contribution in [-0.2, 0) is 11.2 Å². The minimum Gasteiger partial charge on any atom is -0.497 e. The fourth-order valence-electron chi connectivity index (χ4n) is 4.30. The first-order valence-electron chi connectivity index (χ1n) is 10.5. The number of thioether (sulfide) groups is 1. The Morgan fingerprint density at radius 1 is 1.16 bits per heavy atom. The molecule has 2 aromatic carbocycles. The van der Waals surface area contributed by atoms with Crippen LogP contribution < -0.4 is 9.64 Å². The predicted octanol–water partition coefficient (Wildman–Crippen LogP) is 4.66. The topological polar surface area (TPSA) is 59.7 Å². The van der Waals surface area contributed by atoms with Crippen molar-refractivity contribution < 1.29 is 9.53 Å². The molecule has 7 heteroatoms. The van der Waals surface area contributed by atoms with Crippen LogP contribution in [0, 0.1) is 6.92 Å². The van der Waals surface area contributed by atoms with Crippen molar-refractivity contribution in [2.24, 2.45) is 0 Å². The maximum Gasteiger partial charge on any atom is 0.240 e. The summed E-state index contributed by atoms with van der Waals surface area (Å²) >= 11 is 1.45. The summed E-state index contributed by atoms with van der Waals surface area (Å²) < 4.78 is 7.46. The van der Waals surface area contributed by atoms with Crippen molar-refractivity contribution >= 4 is 39.9 Å². The molecule has 4 aromatic rings. The van der Waals surface area contributed by atoms with Gasteiger partial charge in [-0.3, -0.25) is 9.20 Å². The monoisotopic (exact) mass is 432 g/mol. The van der Waals surface area contributed by atoms with E-state index in [9.17, 15) is 4.79 Å². The molecule has 0 N–H and O–H groups in total. The Labute approximate surface area is 185 Å². The van der Waals surface area contributed by atoms with Crippen molar-refractivity contribution in [3.63, 3.8) is 0 Å². The number of benzene rings is 2. The van der Waals surface area contributed by atoms with Crippen LogP contribution >= 0.6 is 11.8 Å². The molecule has 1 unspecified atom stereocenters. The van der Waals surface area contributed by atoms with E-state index >= 15 is 0 Å². The molecule has 0 fully saturated rings. The lowest BCUT2D eigenvalue weighted by molar-refractivity contribution is -0.117. The predicted molar refractivity (Wildman–Crippen MR) is 124 cm³/mol. The SMILES string of the molecule is COc1ccc2c(C)cc3nnc(SC(C)C(=O)N4CCCc5ccccc54)n3c2c1. The number of aromatic nitrogens is 3. The van der Waals surface area contributed by atoms with E-state index in [2.05, 4.69) is 29.3 Å². The first-order chi connectivity index (χ1) is 15.1. The lowest BCUT2D eigenvalue weighted by Crippen LogP contribution is -2.40. The fourth-order valence-corrected chi connectivity index (χ4v) is 5.23. The molecule has 0 spiro atoms. The number of pyridine rings is 1. The molecule has 3 heterocycles. The Bertz CT molecular complexity index is 1300. The molecule has 1 aliphatic heterocycles. The molecule has 0 saturated carbocycles. The van der Waals surface area contributed by atoms with E-state index in [0.717, 1.165) is 52.9 Å². The second-order valence-corrected chi connectivity index (χ2v) is 9.18. The highest BCUT2D eigenvalue weighted by Crippen LogP contribution is 2.33. The van der Waals surface area contributed by atoms with Gasteiger partial charge in [0.25, 0.3) is 0 Å². The Morgan fingerprint density at radius 2 is 2.00 bits per heavy atom. The number of rotatable bonds is 4. The largest absolute Gasteiger partial charge is 0.497 e. The lowest BCUT2D eigenvalue weighted by Gasteiger charge is -2.31. The van der Waals surface area contributed by atoms with Gasteiger partial charge in [0.05, 0.1) is 17.9 Å². The van der Waals surface area contributed by atoms with Crippen LogP contribution in [0.3, 0.4) is 0 Å². The van der Waals surface area contributed by atoms with Gasteiger partial charge < -0.3 is 9.64 Å². The van der Waals surface area contributed by atoms with Crippen LogP contribution in [0.5, 0.6) is 5.75 Å². The quantitative estimate of drug-likeness (QED) is 0.439. The average Bonchev–Trinajstić information content (AvgIpc) is 3.20. The molecular formula is C24H24N4O2S. The average molecular weight is 433 g/mol. The first-order valence-corrected chi connectivity index (χ1v) is 11.3. The van der Waals surface area contributed by atoms with Gasteiger partial charge in [-0.1, -0.05) is 30.0 Å². The zero-order chi connectivity index (χ0) is 21.5. The van der Waals surface area contributed by atoms with Crippen LogP contribution in [0.2, 0.25) is 0 Å². The zero-order valence-electron chi connectivity index (χ0n) is 17.8. The van der Waals surface area contributed by atoms with Gasteiger partial charge in [-0.05, 0) is 62.1 Å². The van der Waals surface area contributed by atoms with Gasteiger partial charge >= 0.3 is 0 Å². The Hall–Kier alpha value is -3.06. The summed E-state index contributed by atoms with van der Waals surface area (Å²) in [5, 5.41) is 10.3. The summed E-state index contributed by atoms with van der Waals surface area (Å²) in [4.78, 5) is 15.3. The smallest absolute Gasteiger partial charge is 0.240 e. The summed E-state index contributed by atoms with van der Waals surface area (Å²) in [6.07, 6.45) is 2.00. The minimum absolute atomic E-state index is 0.0999. The highest BCUT2D eigenvalue weighted by molar-refractivity contribution is 8.00. The van der Waals surface area contributed by atoms with Crippen molar-refractivity contribution in [1.82, 2.24) is 14.6 Å². The molecule has 6 nitrogen and oxygen atoms in total. The van der Waals surface area contributed by atoms with Gasteiger partial charge in [0, 0.05) is 23.7 Å². The van der Waals surface area contributed by atoms with E-state index in [1.54, 1.807) is 7.11 Å². The van der Waals surface area contributed by atoms with Crippen LogP contribution in [0.1, 0.15) is 24.5 Å². The van der Waals surface area contributed by atoms with Crippen LogP contribution in [0.4, 0.5) is 5.69 Å². The molecule has 5 rings (SSSR count). The fraction of sp³-hybridized carbons (Fsp3) is 0.292. The first kappa shape index (κ1) is 19.9. The minimum atomic E-state index is -0.291. The van der Waals surface area contributed by atoms with E-state index in [0.29, 0.717) is 5.16 Å². The molecule has 2 aromatic heterocycles. The van der Waals surface area contributed by atoms with Crippen molar-refractivity contribution in [2.75, 3.05) is 18.6 Å². The molecule has 0 aliphatic carbocycles. The Balaban J connectivity index is 1.51. The second kappa shape index (κ2) is 7.89. The summed E-state index contributed by atoms with van der Waals surface area (Å²) in [5.74, 6) is 0.876. The van der Waals surface area contributed by atoms with Crippen LogP contribution in [-0.4, -0.2) is 39.4 Å². The summed E-state index contributed by atoms with van der Waals surface area (Å²) in [5.41, 5.74) is 5.14. The van der Waals surface area contributed by atoms with Gasteiger partial charge in [0.1, 0.15) is 5.75 Å². The standard InChI is InChI=1S/C24H24N4O2S/c1-15-13-22-25-26-24(28(22)21-14-18(30-3)10-11-19(15)21)31-16(2)23(29)27-12-6-8-17-7-4-5-9-20(17)27/h4-5,7,9-11,13-14,16H,6,8,12H2,1-3H3. The van der Waals surface area contributed by atoms with Gasteiger partial charge in [-0.25, -0.2) is 0 Å². The third-order valence-electron chi connectivity index (χ3n) is 5.88. The second-order valence-electron chi connectivity index (χ2n) is 7.87. The molecule has 0 radical (unpaired) electrons. The molecule has 1 atom stereocenters. The third kappa shape index (κ3) is 3.43. The zero-order valence-corrected chi connectivity index (χ0v) is 18.6. The summed E-state index contributed by atoms with van der Waals surface area (Å²) in [6, 6.07) is 16.2. The van der Waals surface area contributed by atoms with Crippen molar-refractivity contribution in [2.45, 2.75) is 37.1 Å². The number of ether oxygens (including phenoxy) is 1. The number of nitrogens with zero attached hydrogens (tertiary/aromatic N) is 4. The van der Waals surface area contributed by atoms with Crippen molar-refractivity contribution in [3.8, 4) is 5.75 Å². The van der Waals surface area contributed by atoms with Crippen molar-refractivity contribution in [1.29, 1.82) is 0 Å². The number of hydrogen-bond donors (Lipinski definition) is 0. The molecule has 158 valence electrons. The highest BCUT2D eigenvalue weighted by atomic mass is 32.2. The number of hydrogen-bond acceptors (Lipinski definition) is 5. The lowest BCUT2D eigenvalue weighted by atomic mass is 10.0. The van der Waals surface area contributed by atoms with E-state index in [4.69, 9.17) is 4.74 Å². The molecule has 0 bridgehead atoms. The number of carbonyl (C=O) groups excluding carboxylic acids is 1. The number of anilines is 1. The van der Waals surface area contributed by atoms with Gasteiger partial charge in [-0.15, -0.1) is 10.2 Å². The maximum absolute atomic E-state index is 13.4. The summed E-state index contributed by atoms with van der Waals surface area (Å²) in [6.45, 7) is 4.76. The maximum atomic E-state index is 13.4. The normalized spacial score (nSPS) is 14.6. The highest BCUT2D eigenvalue weighted by Gasteiger charge is 2.28. The van der Waals surface area contributed by atoms with Gasteiger partial charge in [0.15, 0.2) is 10.8 Å². The van der Waals surface area contributed by atoms with E-state index in [1.165, 1.54) is 17.3 Å². The van der Waals surface area contributed by atoms with Crippen LogP contribution in [0.25, 0.3) is 16.6 Å². The molecule has 1 amide bonds. The van der Waals surface area contributed by atoms with Gasteiger partial charge in [-0.2, -0.15) is 0 Å². The van der Waals surface area contributed by atoms with E-state index in [-0.39, 0.29) is 11.2 Å². The number of aryl methyl sites for hydroxylation is 2.